The number of H-pyrrole nitrogens is 1. The number of nitrogens with zero attached hydrogens (tertiary/aromatic N) is 2. The first-order valence-electron chi connectivity index (χ1n) is 9.76. The van der Waals surface area contributed by atoms with E-state index in [4.69, 9.17) is 21.1 Å². The van der Waals surface area contributed by atoms with Crippen molar-refractivity contribution in [3.8, 4) is 11.6 Å². The van der Waals surface area contributed by atoms with Crippen LogP contribution in [0.25, 0.3) is 10.9 Å². The third-order valence-corrected chi connectivity index (χ3v) is 5.57. The number of aryl methyl sites for hydroxylation is 1. The highest BCUT2D eigenvalue weighted by Crippen LogP contribution is 2.32. The first-order valence-corrected chi connectivity index (χ1v) is 10.1. The number of hydrogen-bond acceptors (Lipinski definition) is 4. The average Bonchev–Trinajstić information content (AvgIpc) is 3.11. The minimum absolute atomic E-state index is 0.0361. The second kappa shape index (κ2) is 8.43. The summed E-state index contributed by atoms with van der Waals surface area (Å²) in [6.07, 6.45) is 5.44. The highest BCUT2D eigenvalue weighted by molar-refractivity contribution is 6.30. The number of ether oxygens (including phenoxy) is 2. The van der Waals surface area contributed by atoms with Gasteiger partial charge in [0, 0.05) is 49.6 Å². The van der Waals surface area contributed by atoms with Crippen molar-refractivity contribution in [1.29, 1.82) is 0 Å². The van der Waals surface area contributed by atoms with Crippen molar-refractivity contribution in [1.82, 2.24) is 14.9 Å². The van der Waals surface area contributed by atoms with E-state index in [9.17, 15) is 4.79 Å². The van der Waals surface area contributed by atoms with E-state index in [1.54, 1.807) is 23.2 Å². The lowest BCUT2D eigenvalue weighted by Gasteiger charge is -2.27. The predicted molar refractivity (Wildman–Crippen MR) is 113 cm³/mol. The van der Waals surface area contributed by atoms with E-state index in [-0.39, 0.29) is 5.91 Å². The molecular formula is C22H24ClN3O3. The average molecular weight is 414 g/mol. The number of halogens is 1. The number of carbonyl (C=O) groups is 1. The van der Waals surface area contributed by atoms with Gasteiger partial charge in [0.1, 0.15) is 11.3 Å². The molecule has 0 bridgehead atoms. The van der Waals surface area contributed by atoms with Gasteiger partial charge in [-0.2, -0.15) is 0 Å². The summed E-state index contributed by atoms with van der Waals surface area (Å²) in [7, 11) is 1.85. The van der Waals surface area contributed by atoms with Gasteiger partial charge in [0.25, 0.3) is 5.91 Å². The molecule has 0 saturated carbocycles. The fraction of sp³-hybridized carbons (Fsp3) is 0.364. The summed E-state index contributed by atoms with van der Waals surface area (Å²) < 4.78 is 11.4. The third-order valence-electron chi connectivity index (χ3n) is 5.33. The molecule has 0 radical (unpaired) electrons. The number of rotatable bonds is 5. The molecule has 7 heteroatoms. The molecule has 1 fully saturated rings. The summed E-state index contributed by atoms with van der Waals surface area (Å²) >= 11 is 6.05. The third kappa shape index (κ3) is 4.23. The van der Waals surface area contributed by atoms with E-state index in [1.807, 2.05) is 32.3 Å². The molecule has 4 rings (SSSR count). The molecule has 3 heterocycles. The standard InChI is InChI=1S/C22H24ClN3O3/c1-14-11-24-20-19(14)18(22(27)26(2)13-15-6-8-28-9-7-15)12-25-21(20)29-17-5-3-4-16(23)10-17/h3-5,10-12,15,24H,6-9,13H2,1-2H3. The van der Waals surface area contributed by atoms with Crippen LogP contribution in [0.15, 0.2) is 36.7 Å². The molecule has 1 N–H and O–H groups in total. The van der Waals surface area contributed by atoms with Crippen LogP contribution >= 0.6 is 11.6 Å². The number of aromatic amines is 1. The molecule has 1 saturated heterocycles. The van der Waals surface area contributed by atoms with Crippen molar-refractivity contribution in [2.24, 2.45) is 5.92 Å². The number of nitrogens with one attached hydrogen (secondary N) is 1. The van der Waals surface area contributed by atoms with Crippen molar-refractivity contribution >= 4 is 28.4 Å². The molecule has 1 aliphatic heterocycles. The largest absolute Gasteiger partial charge is 0.437 e. The summed E-state index contributed by atoms with van der Waals surface area (Å²) in [5.41, 5.74) is 2.25. The Labute approximate surface area is 174 Å². The van der Waals surface area contributed by atoms with Crippen LogP contribution in [0.4, 0.5) is 0 Å². The van der Waals surface area contributed by atoms with Gasteiger partial charge < -0.3 is 19.4 Å². The van der Waals surface area contributed by atoms with Gasteiger partial charge in [-0.25, -0.2) is 4.98 Å². The molecule has 0 spiro atoms. The zero-order valence-corrected chi connectivity index (χ0v) is 17.3. The molecular weight excluding hydrogens is 390 g/mol. The number of carbonyl (C=O) groups excluding carboxylic acids is 1. The van der Waals surface area contributed by atoms with Gasteiger partial charge in [-0.05, 0) is 49.4 Å². The summed E-state index contributed by atoms with van der Waals surface area (Å²) in [5, 5.41) is 1.42. The van der Waals surface area contributed by atoms with Gasteiger partial charge in [-0.3, -0.25) is 4.79 Å². The molecule has 2 aromatic heterocycles. The van der Waals surface area contributed by atoms with E-state index >= 15 is 0 Å². The quantitative estimate of drug-likeness (QED) is 0.651. The highest BCUT2D eigenvalue weighted by atomic mass is 35.5. The zero-order chi connectivity index (χ0) is 20.4. The number of aromatic nitrogens is 2. The molecule has 1 amide bonds. The maximum absolute atomic E-state index is 13.2. The lowest BCUT2D eigenvalue weighted by atomic mass is 9.99. The van der Waals surface area contributed by atoms with E-state index in [2.05, 4.69) is 9.97 Å². The second-order valence-electron chi connectivity index (χ2n) is 7.50. The maximum atomic E-state index is 13.2. The highest BCUT2D eigenvalue weighted by Gasteiger charge is 2.23. The van der Waals surface area contributed by atoms with Gasteiger partial charge in [-0.15, -0.1) is 0 Å². The molecule has 0 unspecified atom stereocenters. The van der Waals surface area contributed by atoms with E-state index in [1.165, 1.54) is 0 Å². The van der Waals surface area contributed by atoms with E-state index in [0.717, 1.165) is 37.0 Å². The van der Waals surface area contributed by atoms with Crippen molar-refractivity contribution < 1.29 is 14.3 Å². The Morgan fingerprint density at radius 1 is 1.38 bits per heavy atom. The molecule has 6 nitrogen and oxygen atoms in total. The molecule has 29 heavy (non-hydrogen) atoms. The molecule has 1 aliphatic rings. The van der Waals surface area contributed by atoms with E-state index < -0.39 is 0 Å². The Balaban J connectivity index is 1.62. The Hall–Kier alpha value is -2.57. The normalized spacial score (nSPS) is 14.9. The lowest BCUT2D eigenvalue weighted by molar-refractivity contribution is 0.0498. The summed E-state index contributed by atoms with van der Waals surface area (Å²) in [5.74, 6) is 1.44. The van der Waals surface area contributed by atoms with Crippen LogP contribution in [-0.4, -0.2) is 47.6 Å². The fourth-order valence-corrected chi connectivity index (χ4v) is 3.96. The smallest absolute Gasteiger partial charge is 0.255 e. The molecule has 1 aromatic carbocycles. The molecule has 152 valence electrons. The molecule has 0 aliphatic carbocycles. The summed E-state index contributed by atoms with van der Waals surface area (Å²) in [6, 6.07) is 7.14. The molecule has 0 atom stereocenters. The fourth-order valence-electron chi connectivity index (χ4n) is 3.78. The van der Waals surface area contributed by atoms with Crippen LogP contribution in [0.1, 0.15) is 28.8 Å². The first kappa shape index (κ1) is 19.7. The van der Waals surface area contributed by atoms with Gasteiger partial charge in [0.15, 0.2) is 0 Å². The zero-order valence-electron chi connectivity index (χ0n) is 16.6. The number of fused-ring (bicyclic) bond motifs is 1. The minimum Gasteiger partial charge on any atom is -0.437 e. The van der Waals surface area contributed by atoms with Crippen LogP contribution in [0.2, 0.25) is 5.02 Å². The summed E-state index contributed by atoms with van der Waals surface area (Å²) in [6.45, 7) is 4.22. The van der Waals surface area contributed by atoms with Crippen molar-refractivity contribution in [2.45, 2.75) is 19.8 Å². The minimum atomic E-state index is -0.0361. The Morgan fingerprint density at radius 3 is 2.93 bits per heavy atom. The SMILES string of the molecule is Cc1c[nH]c2c(Oc3cccc(Cl)c3)ncc(C(=O)N(C)CC3CCOCC3)c12. The Morgan fingerprint density at radius 2 is 2.17 bits per heavy atom. The number of pyridine rings is 1. The number of benzene rings is 1. The topological polar surface area (TPSA) is 67.5 Å². The number of amides is 1. The maximum Gasteiger partial charge on any atom is 0.255 e. The second-order valence-corrected chi connectivity index (χ2v) is 7.94. The lowest BCUT2D eigenvalue weighted by Crippen LogP contribution is -2.34. The first-order chi connectivity index (χ1) is 14.0. The Kier molecular flexibility index (Phi) is 5.74. The van der Waals surface area contributed by atoms with Gasteiger partial charge in [0.2, 0.25) is 5.88 Å². The van der Waals surface area contributed by atoms with Crippen molar-refractivity contribution in [3.63, 3.8) is 0 Å². The number of hydrogen-bond donors (Lipinski definition) is 1. The van der Waals surface area contributed by atoms with Crippen molar-refractivity contribution in [3.05, 3.63) is 52.8 Å². The van der Waals surface area contributed by atoms with E-state index in [0.29, 0.717) is 40.2 Å². The van der Waals surface area contributed by atoms with Crippen LogP contribution in [0.3, 0.4) is 0 Å². The summed E-state index contributed by atoms with van der Waals surface area (Å²) in [4.78, 5) is 22.6. The van der Waals surface area contributed by atoms with Crippen molar-refractivity contribution in [2.75, 3.05) is 26.8 Å². The molecule has 3 aromatic rings. The van der Waals surface area contributed by atoms with Crippen LogP contribution < -0.4 is 4.74 Å². The van der Waals surface area contributed by atoms with Gasteiger partial charge >= 0.3 is 0 Å². The monoisotopic (exact) mass is 413 g/mol. The van der Waals surface area contributed by atoms with Gasteiger partial charge in [0.05, 0.1) is 5.56 Å². The van der Waals surface area contributed by atoms with Crippen LogP contribution in [0, 0.1) is 12.8 Å². The predicted octanol–water partition coefficient (Wildman–Crippen LogP) is 4.82. The Bertz CT molecular complexity index is 1030. The van der Waals surface area contributed by atoms with Crippen LogP contribution in [-0.2, 0) is 4.74 Å². The van der Waals surface area contributed by atoms with Crippen LogP contribution in [0.5, 0.6) is 11.6 Å². The van der Waals surface area contributed by atoms with Gasteiger partial charge in [-0.1, -0.05) is 17.7 Å².